The smallest absolute Gasteiger partial charge is 0.138 e. The van der Waals surface area contributed by atoms with Gasteiger partial charge in [-0.25, -0.2) is 0 Å². The number of benzene rings is 1. The first kappa shape index (κ1) is 4.97. The molecule has 1 rings (SSSR count). The van der Waals surface area contributed by atoms with E-state index in [-0.39, 0.29) is 5.75 Å². The minimum absolute atomic E-state index is 0.146. The first-order chi connectivity index (χ1) is 3.80. The van der Waals surface area contributed by atoms with Gasteiger partial charge in [0, 0.05) is 0 Å². The van der Waals surface area contributed by atoms with Crippen LogP contribution in [0.5, 0.6) is 5.75 Å². The van der Waals surface area contributed by atoms with E-state index in [0.29, 0.717) is 5.69 Å². The number of phenolic OH excluding ortho intramolecular Hbond substituents is 1. The maximum absolute atomic E-state index is 8.79. The Kier molecular flexibility index (Phi) is 1.08. The van der Waals surface area contributed by atoms with E-state index in [1.165, 1.54) is 0 Å². The van der Waals surface area contributed by atoms with Gasteiger partial charge in [0.1, 0.15) is 5.75 Å². The van der Waals surface area contributed by atoms with Crippen LogP contribution in [-0.2, 0) is 0 Å². The number of rotatable bonds is 0. The Morgan fingerprint density at radius 2 is 1.88 bits per heavy atom. The highest BCUT2D eigenvalue weighted by Gasteiger charge is 1.87. The van der Waals surface area contributed by atoms with E-state index >= 15 is 0 Å². The molecule has 0 amide bonds. The summed E-state index contributed by atoms with van der Waals surface area (Å²) < 4.78 is 0. The summed E-state index contributed by atoms with van der Waals surface area (Å²) in [6.07, 6.45) is 0. The molecule has 42 valence electrons. The quantitative estimate of drug-likeness (QED) is 0.391. The second-order valence-corrected chi connectivity index (χ2v) is 1.56. The van der Waals surface area contributed by atoms with E-state index in [2.05, 4.69) is 0 Å². The van der Waals surface area contributed by atoms with Gasteiger partial charge >= 0.3 is 0 Å². The van der Waals surface area contributed by atoms with Crippen molar-refractivity contribution in [3.8, 4) is 5.75 Å². The van der Waals surface area contributed by atoms with Crippen molar-refractivity contribution in [2.24, 2.45) is 0 Å². The van der Waals surface area contributed by atoms with Crippen LogP contribution in [0.3, 0.4) is 0 Å². The first-order valence-electron chi connectivity index (χ1n) is 2.34. The second-order valence-electron chi connectivity index (χ2n) is 1.56. The highest BCUT2D eigenvalue weighted by atomic mass is 16.3. The van der Waals surface area contributed by atoms with E-state index in [9.17, 15) is 0 Å². The van der Waals surface area contributed by atoms with Crippen molar-refractivity contribution in [3.05, 3.63) is 24.3 Å². The summed E-state index contributed by atoms with van der Waals surface area (Å²) in [7, 11) is 0. The SMILES string of the molecule is N[13c]1[13cH][13cH][13cH][13cH][13c]1O. The fourth-order valence-electron chi connectivity index (χ4n) is 0.488. The van der Waals surface area contributed by atoms with Crippen LogP contribution in [-0.4, -0.2) is 5.11 Å². The van der Waals surface area contributed by atoms with E-state index in [1.807, 2.05) is 0 Å². The number of nitrogens with two attached hydrogens (primary N) is 1. The van der Waals surface area contributed by atoms with Crippen LogP contribution in [0, 0.1) is 0 Å². The van der Waals surface area contributed by atoms with Gasteiger partial charge in [-0.05, 0) is 12.1 Å². The minimum Gasteiger partial charge on any atom is -0.506 e. The maximum Gasteiger partial charge on any atom is 0.138 e. The van der Waals surface area contributed by atoms with E-state index in [0.717, 1.165) is 0 Å². The molecule has 2 nitrogen and oxygen atoms in total. The van der Waals surface area contributed by atoms with E-state index in [4.69, 9.17) is 10.8 Å². The van der Waals surface area contributed by atoms with Gasteiger partial charge in [-0.2, -0.15) is 0 Å². The number of aromatic hydroxyl groups is 1. The Balaban J connectivity index is 3.13. The van der Waals surface area contributed by atoms with Gasteiger partial charge < -0.3 is 10.8 Å². The molecule has 1 aromatic carbocycles. The third kappa shape index (κ3) is 0.729. The molecule has 2 heteroatoms. The van der Waals surface area contributed by atoms with Crippen LogP contribution >= 0.6 is 0 Å². The Morgan fingerprint density at radius 3 is 2.25 bits per heavy atom. The average Bonchev–Trinajstić information content (AvgIpc) is 1.77. The molecule has 1 aromatic rings. The highest BCUT2D eigenvalue weighted by molar-refractivity contribution is 5.50. The van der Waals surface area contributed by atoms with E-state index in [1.54, 1.807) is 24.3 Å². The van der Waals surface area contributed by atoms with Crippen LogP contribution < -0.4 is 5.73 Å². The molecule has 0 aromatic heterocycles. The molecule has 0 unspecified atom stereocenters. The van der Waals surface area contributed by atoms with Crippen molar-refractivity contribution in [3.63, 3.8) is 0 Å². The molecule has 0 bridgehead atoms. The lowest BCUT2D eigenvalue weighted by Crippen LogP contribution is -1.82. The molecule has 0 saturated carbocycles. The molecular weight excluding hydrogens is 108 g/mol. The molecule has 0 radical (unpaired) electrons. The summed E-state index contributed by atoms with van der Waals surface area (Å²) in [6.45, 7) is 0. The summed E-state index contributed by atoms with van der Waals surface area (Å²) in [6, 6.07) is 6.70. The topological polar surface area (TPSA) is 46.2 Å². The average molecular weight is 115 g/mol. The molecule has 0 fully saturated rings. The van der Waals surface area contributed by atoms with Gasteiger partial charge in [-0.1, -0.05) is 12.1 Å². The number of hydrogen-bond donors (Lipinski definition) is 2. The summed E-state index contributed by atoms with van der Waals surface area (Å²) in [5.41, 5.74) is 5.69. The Labute approximate surface area is 47.6 Å². The van der Waals surface area contributed by atoms with E-state index < -0.39 is 0 Å². The van der Waals surface area contributed by atoms with Crippen LogP contribution in [0.1, 0.15) is 0 Å². The van der Waals surface area contributed by atoms with Gasteiger partial charge in [-0.15, -0.1) is 0 Å². The predicted molar refractivity (Wildman–Crippen MR) is 32.5 cm³/mol. The zero-order chi connectivity index (χ0) is 5.98. The van der Waals surface area contributed by atoms with Crippen molar-refractivity contribution in [1.29, 1.82) is 0 Å². The normalized spacial score (nSPS) is 9.00. The number of nitrogen functional groups attached to an aromatic ring is 1. The van der Waals surface area contributed by atoms with Crippen molar-refractivity contribution in [1.82, 2.24) is 0 Å². The summed E-state index contributed by atoms with van der Waals surface area (Å²) in [5, 5.41) is 8.79. The Hall–Kier alpha value is -1.18. The van der Waals surface area contributed by atoms with Gasteiger partial charge in [0.25, 0.3) is 0 Å². The molecule has 0 spiro atoms. The third-order valence-corrected chi connectivity index (χ3v) is 0.937. The predicted octanol–water partition coefficient (Wildman–Crippen LogP) is 0.974. The largest absolute Gasteiger partial charge is 0.506 e. The van der Waals surface area contributed by atoms with Crippen molar-refractivity contribution >= 4 is 5.69 Å². The minimum atomic E-state index is 0.146. The standard InChI is InChI=1S/C6H7NO/c7-5-3-1-2-4-6(5)8/h1-4,8H,7H2/i1+1,2+1,3+1,4+1,5+1,6+1. The Bertz CT molecular complexity index is 165. The fourth-order valence-corrected chi connectivity index (χ4v) is 0.488. The summed E-state index contributed by atoms with van der Waals surface area (Å²) in [4.78, 5) is 0. The highest BCUT2D eigenvalue weighted by Crippen LogP contribution is 2.16. The fraction of sp³-hybridized carbons (Fsp3) is 0. The van der Waals surface area contributed by atoms with Gasteiger partial charge in [-0.3, -0.25) is 0 Å². The molecule has 0 saturated heterocycles. The van der Waals surface area contributed by atoms with Crippen LogP contribution in [0.2, 0.25) is 0 Å². The van der Waals surface area contributed by atoms with Crippen molar-refractivity contribution in [2.75, 3.05) is 5.73 Å². The third-order valence-electron chi connectivity index (χ3n) is 0.937. The zero-order valence-corrected chi connectivity index (χ0v) is 4.33. The zero-order valence-electron chi connectivity index (χ0n) is 4.33. The second kappa shape index (κ2) is 1.74. The lowest BCUT2D eigenvalue weighted by molar-refractivity contribution is 0.478. The van der Waals surface area contributed by atoms with Gasteiger partial charge in [0.05, 0.1) is 5.69 Å². The van der Waals surface area contributed by atoms with Gasteiger partial charge in [0.15, 0.2) is 0 Å². The van der Waals surface area contributed by atoms with Crippen molar-refractivity contribution < 1.29 is 5.11 Å². The van der Waals surface area contributed by atoms with Crippen LogP contribution in [0.25, 0.3) is 0 Å². The molecule has 0 heterocycles. The molecule has 0 atom stereocenters. The summed E-state index contributed by atoms with van der Waals surface area (Å²) in [5.74, 6) is 0.146. The summed E-state index contributed by atoms with van der Waals surface area (Å²) >= 11 is 0. The molecule has 0 aliphatic rings. The monoisotopic (exact) mass is 115 g/mol. The Morgan fingerprint density at radius 1 is 1.25 bits per heavy atom. The number of hydrogen-bond acceptors (Lipinski definition) is 2. The number of anilines is 1. The molecular formula is C6H7NO. The lowest BCUT2D eigenvalue weighted by atomic mass is 11.3. The van der Waals surface area contributed by atoms with Crippen LogP contribution in [0.15, 0.2) is 24.3 Å². The number of para-hydroxylation sites is 2. The first-order valence-corrected chi connectivity index (χ1v) is 2.34. The van der Waals surface area contributed by atoms with Gasteiger partial charge in [0.2, 0.25) is 0 Å². The number of phenols is 1. The maximum atomic E-state index is 8.79. The molecule has 3 N–H and O–H groups in total. The molecule has 0 aliphatic carbocycles. The van der Waals surface area contributed by atoms with Crippen molar-refractivity contribution in [2.45, 2.75) is 0 Å². The lowest BCUT2D eigenvalue weighted by Gasteiger charge is -1.92. The molecule has 0 aliphatic heterocycles. The molecule has 8 heavy (non-hydrogen) atoms. The van der Waals surface area contributed by atoms with Crippen LogP contribution in [0.4, 0.5) is 5.69 Å².